The monoisotopic (exact) mass is 311 g/mol. The first kappa shape index (κ1) is 16.4. The molecule has 1 aromatic heterocycles. The van der Waals surface area contributed by atoms with E-state index in [9.17, 15) is 4.79 Å². The van der Waals surface area contributed by atoms with Crippen molar-refractivity contribution >= 4 is 17.2 Å². The number of rotatable bonds is 6. The summed E-state index contributed by atoms with van der Waals surface area (Å²) in [6.07, 6.45) is 2.51. The molecule has 5 nitrogen and oxygen atoms in total. The van der Waals surface area contributed by atoms with E-state index in [-0.39, 0.29) is 11.8 Å². The molecule has 1 atom stereocenters. The van der Waals surface area contributed by atoms with Gasteiger partial charge in [-0.2, -0.15) is 0 Å². The van der Waals surface area contributed by atoms with Crippen LogP contribution in [0.1, 0.15) is 43.3 Å². The van der Waals surface area contributed by atoms with E-state index >= 15 is 0 Å². The molecular weight excluding hydrogens is 286 g/mol. The van der Waals surface area contributed by atoms with Gasteiger partial charge in [-0.05, 0) is 18.8 Å². The van der Waals surface area contributed by atoms with Crippen LogP contribution in [0.4, 0.5) is 0 Å². The molecule has 0 aliphatic carbocycles. The van der Waals surface area contributed by atoms with E-state index in [0.717, 1.165) is 30.0 Å². The molecule has 0 aromatic carbocycles. The second-order valence-electron chi connectivity index (χ2n) is 5.85. The third kappa shape index (κ3) is 4.76. The van der Waals surface area contributed by atoms with E-state index in [1.165, 1.54) is 0 Å². The SMILES string of the molecule is CC(C)c1nc(CCNC(=O)C(N)C2CCOCC2)cs1. The maximum atomic E-state index is 12.1. The lowest BCUT2D eigenvalue weighted by Crippen LogP contribution is -2.47. The number of amides is 1. The summed E-state index contributed by atoms with van der Waals surface area (Å²) < 4.78 is 5.30. The largest absolute Gasteiger partial charge is 0.381 e. The summed E-state index contributed by atoms with van der Waals surface area (Å²) in [5, 5.41) is 6.14. The molecule has 118 valence electrons. The number of hydrogen-bond donors (Lipinski definition) is 2. The van der Waals surface area contributed by atoms with Gasteiger partial charge in [-0.25, -0.2) is 4.98 Å². The van der Waals surface area contributed by atoms with Gasteiger partial charge in [0, 0.05) is 37.5 Å². The van der Waals surface area contributed by atoms with E-state index in [1.807, 2.05) is 0 Å². The molecule has 1 fully saturated rings. The van der Waals surface area contributed by atoms with Crippen LogP contribution in [0.15, 0.2) is 5.38 Å². The van der Waals surface area contributed by atoms with Crippen LogP contribution >= 0.6 is 11.3 Å². The van der Waals surface area contributed by atoms with Crippen molar-refractivity contribution < 1.29 is 9.53 Å². The van der Waals surface area contributed by atoms with Gasteiger partial charge in [0.05, 0.1) is 16.7 Å². The fourth-order valence-electron chi connectivity index (χ4n) is 2.42. The average molecular weight is 311 g/mol. The molecule has 0 saturated carbocycles. The fourth-order valence-corrected chi connectivity index (χ4v) is 3.29. The summed E-state index contributed by atoms with van der Waals surface area (Å²) in [6.45, 7) is 6.29. The van der Waals surface area contributed by atoms with Crippen molar-refractivity contribution in [2.24, 2.45) is 11.7 Å². The Bertz CT molecular complexity index is 456. The summed E-state index contributed by atoms with van der Waals surface area (Å²) in [6, 6.07) is -0.421. The molecule has 0 radical (unpaired) electrons. The lowest BCUT2D eigenvalue weighted by Gasteiger charge is -2.26. The molecule has 1 amide bonds. The minimum Gasteiger partial charge on any atom is -0.381 e. The molecule has 2 rings (SSSR count). The van der Waals surface area contributed by atoms with Crippen molar-refractivity contribution in [3.63, 3.8) is 0 Å². The fraction of sp³-hybridized carbons (Fsp3) is 0.733. The normalized spacial score (nSPS) is 17.9. The van der Waals surface area contributed by atoms with Crippen LogP contribution in [-0.4, -0.2) is 36.7 Å². The number of nitrogens with zero attached hydrogens (tertiary/aromatic N) is 1. The number of nitrogens with one attached hydrogen (secondary N) is 1. The Kier molecular flexibility index (Phi) is 6.14. The summed E-state index contributed by atoms with van der Waals surface area (Å²) in [4.78, 5) is 16.6. The maximum absolute atomic E-state index is 12.1. The van der Waals surface area contributed by atoms with Gasteiger partial charge in [0.15, 0.2) is 0 Å². The quantitative estimate of drug-likeness (QED) is 0.838. The van der Waals surface area contributed by atoms with Crippen LogP contribution in [0.2, 0.25) is 0 Å². The first-order valence-electron chi connectivity index (χ1n) is 7.63. The highest BCUT2D eigenvalue weighted by Crippen LogP contribution is 2.19. The zero-order valence-corrected chi connectivity index (χ0v) is 13.6. The van der Waals surface area contributed by atoms with Crippen molar-refractivity contribution in [1.82, 2.24) is 10.3 Å². The molecule has 2 heterocycles. The van der Waals surface area contributed by atoms with Gasteiger partial charge >= 0.3 is 0 Å². The Balaban J connectivity index is 1.72. The lowest BCUT2D eigenvalue weighted by atomic mass is 9.92. The summed E-state index contributed by atoms with van der Waals surface area (Å²) in [5.41, 5.74) is 7.08. The van der Waals surface area contributed by atoms with Crippen molar-refractivity contribution in [3.05, 3.63) is 16.1 Å². The molecule has 1 aliphatic rings. The summed E-state index contributed by atoms with van der Waals surface area (Å²) in [7, 11) is 0. The van der Waals surface area contributed by atoms with Crippen molar-refractivity contribution in [1.29, 1.82) is 0 Å². The highest BCUT2D eigenvalue weighted by atomic mass is 32.1. The number of aromatic nitrogens is 1. The first-order chi connectivity index (χ1) is 10.1. The second-order valence-corrected chi connectivity index (χ2v) is 6.74. The van der Waals surface area contributed by atoms with Crippen molar-refractivity contribution in [3.8, 4) is 0 Å². The molecular formula is C15H25N3O2S. The molecule has 0 spiro atoms. The number of thiazole rings is 1. The van der Waals surface area contributed by atoms with Crippen LogP contribution in [0.3, 0.4) is 0 Å². The third-order valence-corrected chi connectivity index (χ3v) is 5.01. The smallest absolute Gasteiger partial charge is 0.237 e. The zero-order valence-electron chi connectivity index (χ0n) is 12.8. The van der Waals surface area contributed by atoms with E-state index in [1.54, 1.807) is 11.3 Å². The molecule has 1 saturated heterocycles. The number of carbonyl (C=O) groups is 1. The van der Waals surface area contributed by atoms with Gasteiger partial charge in [0.2, 0.25) is 5.91 Å². The summed E-state index contributed by atoms with van der Waals surface area (Å²) in [5.74, 6) is 0.645. The van der Waals surface area contributed by atoms with Crippen LogP contribution < -0.4 is 11.1 Å². The first-order valence-corrected chi connectivity index (χ1v) is 8.51. The zero-order chi connectivity index (χ0) is 15.2. The molecule has 1 aliphatic heterocycles. The highest BCUT2D eigenvalue weighted by molar-refractivity contribution is 7.09. The van der Waals surface area contributed by atoms with Gasteiger partial charge in [-0.3, -0.25) is 4.79 Å². The van der Waals surface area contributed by atoms with Gasteiger partial charge in [0.1, 0.15) is 0 Å². The van der Waals surface area contributed by atoms with Crippen LogP contribution in [-0.2, 0) is 16.0 Å². The van der Waals surface area contributed by atoms with Crippen LogP contribution in [0, 0.1) is 5.92 Å². The van der Waals surface area contributed by atoms with E-state index in [2.05, 4.69) is 29.5 Å². The molecule has 3 N–H and O–H groups in total. The number of hydrogen-bond acceptors (Lipinski definition) is 5. The molecule has 1 unspecified atom stereocenters. The predicted molar refractivity (Wildman–Crippen MR) is 84.4 cm³/mol. The minimum absolute atomic E-state index is 0.0544. The minimum atomic E-state index is -0.421. The Morgan fingerprint density at radius 2 is 2.24 bits per heavy atom. The van der Waals surface area contributed by atoms with Gasteiger partial charge in [-0.15, -0.1) is 11.3 Å². The van der Waals surface area contributed by atoms with E-state index in [0.29, 0.717) is 25.7 Å². The highest BCUT2D eigenvalue weighted by Gasteiger charge is 2.26. The second kappa shape index (κ2) is 7.87. The Morgan fingerprint density at radius 3 is 2.86 bits per heavy atom. The summed E-state index contributed by atoms with van der Waals surface area (Å²) >= 11 is 1.68. The topological polar surface area (TPSA) is 77.2 Å². The number of nitrogens with two attached hydrogens (primary N) is 1. The average Bonchev–Trinajstić information content (AvgIpc) is 2.96. The van der Waals surface area contributed by atoms with Gasteiger partial charge < -0.3 is 15.8 Å². The molecule has 6 heteroatoms. The van der Waals surface area contributed by atoms with E-state index < -0.39 is 6.04 Å². The Labute approximate surface area is 130 Å². The van der Waals surface area contributed by atoms with Gasteiger partial charge in [-0.1, -0.05) is 13.8 Å². The van der Waals surface area contributed by atoms with Gasteiger partial charge in [0.25, 0.3) is 0 Å². The predicted octanol–water partition coefficient (Wildman–Crippen LogP) is 1.68. The van der Waals surface area contributed by atoms with Crippen molar-refractivity contribution in [2.75, 3.05) is 19.8 Å². The third-order valence-electron chi connectivity index (χ3n) is 3.82. The van der Waals surface area contributed by atoms with Crippen molar-refractivity contribution in [2.45, 2.75) is 45.1 Å². The Hall–Kier alpha value is -0.980. The van der Waals surface area contributed by atoms with Crippen LogP contribution in [0.25, 0.3) is 0 Å². The number of carbonyl (C=O) groups excluding carboxylic acids is 1. The van der Waals surface area contributed by atoms with Crippen LogP contribution in [0.5, 0.6) is 0 Å². The standard InChI is InChI=1S/C15H25N3O2S/c1-10(2)15-18-12(9-21-15)3-6-17-14(19)13(16)11-4-7-20-8-5-11/h9-11,13H,3-8,16H2,1-2H3,(H,17,19). The Morgan fingerprint density at radius 1 is 1.52 bits per heavy atom. The molecule has 1 aromatic rings. The number of ether oxygens (including phenoxy) is 1. The van der Waals surface area contributed by atoms with E-state index in [4.69, 9.17) is 10.5 Å². The lowest BCUT2D eigenvalue weighted by molar-refractivity contribution is -0.124. The molecule has 21 heavy (non-hydrogen) atoms. The molecule has 0 bridgehead atoms. The maximum Gasteiger partial charge on any atom is 0.237 e.